The van der Waals surface area contributed by atoms with Crippen molar-refractivity contribution in [1.82, 2.24) is 9.47 Å². The van der Waals surface area contributed by atoms with Gasteiger partial charge in [-0.1, -0.05) is 6.42 Å². The molecule has 6 heteroatoms. The fourth-order valence-corrected chi connectivity index (χ4v) is 4.25. The van der Waals surface area contributed by atoms with Gasteiger partial charge in [-0.3, -0.25) is 9.59 Å². The molecule has 27 heavy (non-hydrogen) atoms. The fraction of sp³-hybridized carbons (Fsp3) is 0.667. The summed E-state index contributed by atoms with van der Waals surface area (Å²) >= 11 is 0. The first-order valence-electron chi connectivity index (χ1n) is 9.97. The minimum absolute atomic E-state index is 0.0777. The molecule has 148 valence electrons. The van der Waals surface area contributed by atoms with Crippen LogP contribution >= 0.6 is 0 Å². The quantitative estimate of drug-likeness (QED) is 0.543. The zero-order valence-corrected chi connectivity index (χ0v) is 17.0. The minimum Gasteiger partial charge on any atom is -0.464 e. The molecular formula is C21H30N2O4. The van der Waals surface area contributed by atoms with Crippen molar-refractivity contribution in [3.05, 3.63) is 22.5 Å². The third-order valence-electron chi connectivity index (χ3n) is 6.15. The van der Waals surface area contributed by atoms with E-state index in [2.05, 4.69) is 0 Å². The van der Waals surface area contributed by atoms with E-state index < -0.39 is 12.0 Å². The Labute approximate surface area is 160 Å². The van der Waals surface area contributed by atoms with Gasteiger partial charge in [0, 0.05) is 29.8 Å². The van der Waals surface area contributed by atoms with E-state index in [0.29, 0.717) is 23.4 Å². The van der Waals surface area contributed by atoms with Crippen LogP contribution in [0, 0.1) is 19.8 Å². The lowest BCUT2D eigenvalue weighted by atomic mass is 9.83. The van der Waals surface area contributed by atoms with Crippen molar-refractivity contribution in [2.45, 2.75) is 78.4 Å². The Bertz CT molecular complexity index is 772. The third kappa shape index (κ3) is 3.30. The Morgan fingerprint density at radius 1 is 1.19 bits per heavy atom. The first-order valence-corrected chi connectivity index (χ1v) is 9.97. The summed E-state index contributed by atoms with van der Waals surface area (Å²) in [6, 6.07) is -0.327. The van der Waals surface area contributed by atoms with E-state index in [1.165, 1.54) is 7.11 Å². The number of rotatable bonds is 7. The van der Waals surface area contributed by atoms with Crippen molar-refractivity contribution in [1.29, 1.82) is 0 Å². The van der Waals surface area contributed by atoms with E-state index in [1.54, 1.807) is 6.92 Å². The van der Waals surface area contributed by atoms with Crippen LogP contribution in [0.2, 0.25) is 0 Å². The highest BCUT2D eigenvalue weighted by Gasteiger charge is 2.43. The van der Waals surface area contributed by atoms with Gasteiger partial charge in [-0.15, -0.1) is 0 Å². The second kappa shape index (κ2) is 7.49. The highest BCUT2D eigenvalue weighted by atomic mass is 16.5. The summed E-state index contributed by atoms with van der Waals surface area (Å²) in [6.07, 6.45) is 4.89. The first-order chi connectivity index (χ1) is 12.8. The van der Waals surface area contributed by atoms with Crippen LogP contribution in [0.1, 0.15) is 78.1 Å². The SMILES string of the molecule is CCn1c(C)c(C(=O)C(C)N(C(=O)C2CCC2)C2CC2)c(C)c1C(=O)OC. The van der Waals surface area contributed by atoms with Gasteiger partial charge < -0.3 is 14.2 Å². The van der Waals surface area contributed by atoms with Crippen molar-refractivity contribution in [3.63, 3.8) is 0 Å². The van der Waals surface area contributed by atoms with E-state index in [1.807, 2.05) is 30.2 Å². The molecule has 1 atom stereocenters. The molecule has 1 unspecified atom stereocenters. The standard InChI is InChI=1S/C21H30N2O4/c1-6-22-13(3)17(12(2)18(22)21(26)27-5)19(24)14(4)23(16-10-11-16)20(25)15-8-7-9-15/h14-16H,6-11H2,1-5H3. The van der Waals surface area contributed by atoms with Gasteiger partial charge in [0.25, 0.3) is 0 Å². The number of Topliss-reactive ketones (excluding diaryl/α,β-unsaturated/α-hetero) is 1. The van der Waals surface area contributed by atoms with E-state index in [-0.39, 0.29) is 23.7 Å². The zero-order valence-electron chi connectivity index (χ0n) is 17.0. The number of amides is 1. The molecule has 2 aliphatic rings. The molecule has 0 saturated heterocycles. The van der Waals surface area contributed by atoms with Gasteiger partial charge >= 0.3 is 5.97 Å². The normalized spacial score (nSPS) is 18.0. The number of nitrogens with zero attached hydrogens (tertiary/aromatic N) is 2. The Balaban J connectivity index is 1.95. The summed E-state index contributed by atoms with van der Waals surface area (Å²) in [6.45, 7) is 8.00. The molecule has 0 spiro atoms. The molecule has 2 aliphatic carbocycles. The highest BCUT2D eigenvalue weighted by molar-refractivity contribution is 6.06. The highest BCUT2D eigenvalue weighted by Crippen LogP contribution is 2.36. The number of carbonyl (C=O) groups excluding carboxylic acids is 3. The monoisotopic (exact) mass is 374 g/mol. The number of hydrogen-bond donors (Lipinski definition) is 0. The number of ketones is 1. The van der Waals surface area contributed by atoms with Gasteiger partial charge in [-0.05, 0) is 58.9 Å². The van der Waals surface area contributed by atoms with Crippen LogP contribution in [-0.4, -0.2) is 46.3 Å². The summed E-state index contributed by atoms with van der Waals surface area (Å²) in [5.74, 6) is -0.312. The smallest absolute Gasteiger partial charge is 0.354 e. The van der Waals surface area contributed by atoms with Crippen LogP contribution in [0.15, 0.2) is 0 Å². The van der Waals surface area contributed by atoms with E-state index in [4.69, 9.17) is 4.74 Å². The van der Waals surface area contributed by atoms with Crippen LogP contribution in [0.4, 0.5) is 0 Å². The lowest BCUT2D eigenvalue weighted by Gasteiger charge is -2.35. The fourth-order valence-electron chi connectivity index (χ4n) is 4.25. The Kier molecular flexibility index (Phi) is 5.45. The molecule has 1 heterocycles. The van der Waals surface area contributed by atoms with Crippen molar-refractivity contribution in [2.24, 2.45) is 5.92 Å². The summed E-state index contributed by atoms with van der Waals surface area (Å²) < 4.78 is 6.75. The molecule has 3 rings (SSSR count). The number of methoxy groups -OCH3 is 1. The average molecular weight is 374 g/mol. The predicted octanol–water partition coefficient (Wildman–Crippen LogP) is 3.27. The number of ether oxygens (including phenoxy) is 1. The summed E-state index contributed by atoms with van der Waals surface area (Å²) in [4.78, 5) is 40.4. The van der Waals surface area contributed by atoms with Crippen molar-refractivity contribution < 1.29 is 19.1 Å². The number of hydrogen-bond acceptors (Lipinski definition) is 4. The maximum absolute atomic E-state index is 13.4. The van der Waals surface area contributed by atoms with Gasteiger partial charge in [0.1, 0.15) is 5.69 Å². The molecule has 1 aromatic rings. The lowest BCUT2D eigenvalue weighted by Crippen LogP contribution is -2.48. The van der Waals surface area contributed by atoms with Crippen molar-refractivity contribution >= 4 is 17.7 Å². The van der Waals surface area contributed by atoms with Crippen LogP contribution in [0.25, 0.3) is 0 Å². The van der Waals surface area contributed by atoms with Gasteiger partial charge in [-0.2, -0.15) is 0 Å². The lowest BCUT2D eigenvalue weighted by molar-refractivity contribution is -0.140. The molecule has 0 aliphatic heterocycles. The van der Waals surface area contributed by atoms with Crippen LogP contribution in [0.5, 0.6) is 0 Å². The third-order valence-corrected chi connectivity index (χ3v) is 6.15. The summed E-state index contributed by atoms with van der Waals surface area (Å²) in [5, 5.41) is 0. The van der Waals surface area contributed by atoms with Crippen LogP contribution in [-0.2, 0) is 16.1 Å². The molecule has 1 aromatic heterocycles. The molecule has 2 fully saturated rings. The van der Waals surface area contributed by atoms with Gasteiger partial charge in [0.05, 0.1) is 13.2 Å². The zero-order chi connectivity index (χ0) is 19.9. The van der Waals surface area contributed by atoms with Gasteiger partial charge in [0.15, 0.2) is 5.78 Å². The first kappa shape index (κ1) is 19.6. The second-order valence-corrected chi connectivity index (χ2v) is 7.81. The Hall–Kier alpha value is -2.11. The predicted molar refractivity (Wildman–Crippen MR) is 102 cm³/mol. The molecule has 6 nitrogen and oxygen atoms in total. The maximum atomic E-state index is 13.4. The van der Waals surface area contributed by atoms with Crippen molar-refractivity contribution in [2.75, 3.05) is 7.11 Å². The van der Waals surface area contributed by atoms with Gasteiger partial charge in [-0.25, -0.2) is 4.79 Å². The summed E-state index contributed by atoms with van der Waals surface area (Å²) in [7, 11) is 1.35. The largest absolute Gasteiger partial charge is 0.464 e. The number of carbonyl (C=O) groups is 3. The molecule has 1 amide bonds. The van der Waals surface area contributed by atoms with Crippen LogP contribution in [0.3, 0.4) is 0 Å². The van der Waals surface area contributed by atoms with Gasteiger partial charge in [0.2, 0.25) is 5.91 Å². The number of aromatic nitrogens is 1. The molecule has 0 N–H and O–H groups in total. The topological polar surface area (TPSA) is 68.6 Å². The molecule has 2 saturated carbocycles. The molecule has 0 bridgehead atoms. The Morgan fingerprint density at radius 3 is 2.26 bits per heavy atom. The van der Waals surface area contributed by atoms with Crippen molar-refractivity contribution in [3.8, 4) is 0 Å². The maximum Gasteiger partial charge on any atom is 0.354 e. The molecular weight excluding hydrogens is 344 g/mol. The average Bonchev–Trinajstić information content (AvgIpc) is 3.37. The van der Waals surface area contributed by atoms with E-state index in [9.17, 15) is 14.4 Å². The summed E-state index contributed by atoms with van der Waals surface area (Å²) in [5.41, 5.74) is 2.39. The van der Waals surface area contributed by atoms with E-state index >= 15 is 0 Å². The second-order valence-electron chi connectivity index (χ2n) is 7.81. The number of esters is 1. The Morgan fingerprint density at radius 2 is 1.81 bits per heavy atom. The van der Waals surface area contributed by atoms with Crippen LogP contribution < -0.4 is 0 Å². The van der Waals surface area contributed by atoms with E-state index in [0.717, 1.165) is 37.8 Å². The minimum atomic E-state index is -0.513. The molecule has 0 aromatic carbocycles. The molecule has 0 radical (unpaired) electrons.